The normalized spacial score (nSPS) is 21.4. The van der Waals surface area contributed by atoms with Gasteiger partial charge in [-0.25, -0.2) is 4.39 Å². The Morgan fingerprint density at radius 1 is 1.00 bits per heavy atom. The molecule has 0 aromatic rings. The lowest BCUT2D eigenvalue weighted by molar-refractivity contribution is 0.0984. The topological polar surface area (TPSA) is 6.48 Å². The minimum absolute atomic E-state index is 0.209. The lowest BCUT2D eigenvalue weighted by Crippen LogP contribution is -2.49. The second-order valence-corrected chi connectivity index (χ2v) is 5.37. The van der Waals surface area contributed by atoms with E-state index in [1.165, 1.54) is 0 Å². The Morgan fingerprint density at radius 3 is 1.93 bits per heavy atom. The van der Waals surface area contributed by atoms with Gasteiger partial charge in [0, 0.05) is 39.3 Å². The highest BCUT2D eigenvalue weighted by Gasteiger charge is 2.20. The van der Waals surface area contributed by atoms with Crippen LogP contribution in [0.1, 0.15) is 20.8 Å². The van der Waals surface area contributed by atoms with Gasteiger partial charge in [0.1, 0.15) is 6.67 Å². The maximum Gasteiger partial charge on any atom is 0.102 e. The predicted octanol–water partition coefficient (Wildman–Crippen LogP) is 1.62. The van der Waals surface area contributed by atoms with E-state index in [9.17, 15) is 4.39 Å². The summed E-state index contributed by atoms with van der Waals surface area (Å²) in [5.41, 5.74) is 0.377. The second kappa shape index (κ2) is 5.08. The van der Waals surface area contributed by atoms with Gasteiger partial charge in [-0.1, -0.05) is 20.8 Å². The van der Waals surface area contributed by atoms with Crippen molar-refractivity contribution in [1.82, 2.24) is 9.80 Å². The van der Waals surface area contributed by atoms with Gasteiger partial charge in [0.05, 0.1) is 0 Å². The van der Waals surface area contributed by atoms with Crippen molar-refractivity contribution in [2.75, 3.05) is 45.9 Å². The molecule has 0 amide bonds. The molecule has 0 N–H and O–H groups in total. The van der Waals surface area contributed by atoms with Crippen molar-refractivity contribution in [1.29, 1.82) is 0 Å². The van der Waals surface area contributed by atoms with Crippen LogP contribution in [0, 0.1) is 5.41 Å². The van der Waals surface area contributed by atoms with Crippen LogP contribution >= 0.6 is 0 Å². The molecule has 0 aromatic carbocycles. The van der Waals surface area contributed by atoms with Crippen LogP contribution in [0.3, 0.4) is 0 Å². The molecule has 0 bridgehead atoms. The van der Waals surface area contributed by atoms with Crippen LogP contribution < -0.4 is 0 Å². The minimum atomic E-state index is -0.209. The first-order chi connectivity index (χ1) is 6.51. The van der Waals surface area contributed by atoms with E-state index in [1.807, 2.05) is 0 Å². The third-order valence-electron chi connectivity index (χ3n) is 2.56. The number of rotatable bonds is 3. The molecule has 0 aromatic heterocycles. The lowest BCUT2D eigenvalue weighted by atomic mass is 9.96. The van der Waals surface area contributed by atoms with E-state index in [-0.39, 0.29) is 6.67 Å². The van der Waals surface area contributed by atoms with Gasteiger partial charge >= 0.3 is 0 Å². The third kappa shape index (κ3) is 4.38. The fraction of sp³-hybridized carbons (Fsp3) is 1.00. The Labute approximate surface area is 87.1 Å². The van der Waals surface area contributed by atoms with Crippen molar-refractivity contribution < 1.29 is 4.39 Å². The smallest absolute Gasteiger partial charge is 0.102 e. The fourth-order valence-electron chi connectivity index (χ4n) is 1.96. The van der Waals surface area contributed by atoms with Crippen molar-refractivity contribution >= 4 is 0 Å². The summed E-state index contributed by atoms with van der Waals surface area (Å²) in [5.74, 6) is 0. The van der Waals surface area contributed by atoms with Gasteiger partial charge in [-0.15, -0.1) is 0 Å². The van der Waals surface area contributed by atoms with E-state index >= 15 is 0 Å². The van der Waals surface area contributed by atoms with Gasteiger partial charge in [-0.05, 0) is 5.41 Å². The molecule has 3 heteroatoms. The third-order valence-corrected chi connectivity index (χ3v) is 2.56. The van der Waals surface area contributed by atoms with Crippen LogP contribution in [0.15, 0.2) is 0 Å². The highest BCUT2D eigenvalue weighted by atomic mass is 19.1. The number of nitrogens with zero attached hydrogens (tertiary/aromatic N) is 2. The summed E-state index contributed by atoms with van der Waals surface area (Å²) in [7, 11) is 0. The SMILES string of the molecule is CC(C)(C)CN1CCN(CCF)CC1. The molecule has 0 atom stereocenters. The molecule has 1 heterocycles. The average molecular weight is 202 g/mol. The maximum atomic E-state index is 12.1. The molecule has 14 heavy (non-hydrogen) atoms. The molecular weight excluding hydrogens is 179 g/mol. The Kier molecular flexibility index (Phi) is 4.32. The van der Waals surface area contributed by atoms with Gasteiger partial charge in [0.25, 0.3) is 0 Å². The van der Waals surface area contributed by atoms with Crippen LogP contribution in [-0.2, 0) is 0 Å². The van der Waals surface area contributed by atoms with Crippen molar-refractivity contribution in [3.63, 3.8) is 0 Å². The first-order valence-electron chi connectivity index (χ1n) is 5.52. The molecule has 1 aliphatic rings. The predicted molar refractivity (Wildman–Crippen MR) is 58.3 cm³/mol. The van der Waals surface area contributed by atoms with Crippen LogP contribution in [-0.4, -0.2) is 55.7 Å². The largest absolute Gasteiger partial charge is 0.300 e. The average Bonchev–Trinajstić information content (AvgIpc) is 2.06. The molecule has 1 fully saturated rings. The van der Waals surface area contributed by atoms with Gasteiger partial charge < -0.3 is 4.90 Å². The Bertz CT molecular complexity index is 157. The highest BCUT2D eigenvalue weighted by Crippen LogP contribution is 2.16. The van der Waals surface area contributed by atoms with Gasteiger partial charge in [-0.3, -0.25) is 4.90 Å². The van der Waals surface area contributed by atoms with E-state index < -0.39 is 0 Å². The number of hydrogen-bond acceptors (Lipinski definition) is 2. The first kappa shape index (κ1) is 11.9. The molecule has 0 unspecified atom stereocenters. The second-order valence-electron chi connectivity index (χ2n) is 5.37. The molecule has 2 nitrogen and oxygen atoms in total. The van der Waals surface area contributed by atoms with E-state index in [4.69, 9.17) is 0 Å². The Morgan fingerprint density at radius 2 is 1.50 bits per heavy atom. The van der Waals surface area contributed by atoms with Gasteiger partial charge in [0.2, 0.25) is 0 Å². The summed E-state index contributed by atoms with van der Waals surface area (Å²) in [6.07, 6.45) is 0. The Balaban J connectivity index is 2.22. The number of alkyl halides is 1. The number of halogens is 1. The number of hydrogen-bond donors (Lipinski definition) is 0. The van der Waals surface area contributed by atoms with Gasteiger partial charge in [-0.2, -0.15) is 0 Å². The molecule has 1 aliphatic heterocycles. The summed E-state index contributed by atoms with van der Waals surface area (Å²) in [6.45, 7) is 12.6. The van der Waals surface area contributed by atoms with Crippen molar-refractivity contribution in [2.45, 2.75) is 20.8 Å². The van der Waals surface area contributed by atoms with Crippen molar-refractivity contribution in [3.8, 4) is 0 Å². The van der Waals surface area contributed by atoms with E-state index in [2.05, 4.69) is 30.6 Å². The quantitative estimate of drug-likeness (QED) is 0.686. The van der Waals surface area contributed by atoms with Crippen LogP contribution in [0.25, 0.3) is 0 Å². The molecular formula is C11H23FN2. The first-order valence-corrected chi connectivity index (χ1v) is 5.52. The summed E-state index contributed by atoms with van der Waals surface area (Å²) >= 11 is 0. The van der Waals surface area contributed by atoms with E-state index in [0.29, 0.717) is 12.0 Å². The maximum absolute atomic E-state index is 12.1. The number of piperazine rings is 1. The van der Waals surface area contributed by atoms with Crippen LogP contribution in [0.5, 0.6) is 0 Å². The standard InChI is InChI=1S/C11H23FN2/c1-11(2,3)10-14-8-6-13(5-4-12)7-9-14/h4-10H2,1-3H3. The van der Waals surface area contributed by atoms with E-state index in [1.54, 1.807) is 0 Å². The summed E-state index contributed by atoms with van der Waals surface area (Å²) in [4.78, 5) is 4.69. The monoisotopic (exact) mass is 202 g/mol. The summed E-state index contributed by atoms with van der Waals surface area (Å²) in [6, 6.07) is 0. The summed E-state index contributed by atoms with van der Waals surface area (Å²) in [5, 5.41) is 0. The zero-order chi connectivity index (χ0) is 10.6. The molecule has 0 aliphatic carbocycles. The van der Waals surface area contributed by atoms with Crippen molar-refractivity contribution in [3.05, 3.63) is 0 Å². The Hall–Kier alpha value is -0.150. The van der Waals surface area contributed by atoms with Crippen LogP contribution in [0.4, 0.5) is 4.39 Å². The fourth-order valence-corrected chi connectivity index (χ4v) is 1.96. The highest BCUT2D eigenvalue weighted by molar-refractivity contribution is 4.75. The zero-order valence-electron chi connectivity index (χ0n) is 9.72. The minimum Gasteiger partial charge on any atom is -0.300 e. The molecule has 0 radical (unpaired) electrons. The molecule has 84 valence electrons. The lowest BCUT2D eigenvalue weighted by Gasteiger charge is -2.37. The zero-order valence-corrected chi connectivity index (χ0v) is 9.72. The summed E-state index contributed by atoms with van der Waals surface area (Å²) < 4.78 is 12.1. The van der Waals surface area contributed by atoms with Gasteiger partial charge in [0.15, 0.2) is 0 Å². The molecule has 1 rings (SSSR count). The molecule has 1 saturated heterocycles. The van der Waals surface area contributed by atoms with Crippen molar-refractivity contribution in [2.24, 2.45) is 5.41 Å². The molecule has 0 spiro atoms. The van der Waals surface area contributed by atoms with Crippen LogP contribution in [0.2, 0.25) is 0 Å². The van der Waals surface area contributed by atoms with E-state index in [0.717, 1.165) is 32.7 Å². The molecule has 0 saturated carbocycles.